The molecule has 0 bridgehead atoms. The number of sulfonamides is 1. The molecule has 1 unspecified atom stereocenters. The number of benzene rings is 3. The number of hydrogen-bond acceptors (Lipinski definition) is 4. The normalized spacial score (nSPS) is 12.2. The lowest BCUT2D eigenvalue weighted by Crippen LogP contribution is -2.53. The van der Waals surface area contributed by atoms with Crippen LogP contribution in [-0.2, 0) is 32.6 Å². The molecular formula is C31H39N3O4S. The number of aryl methyl sites for hydroxylation is 2. The Bertz CT molecular complexity index is 1340. The maximum Gasteiger partial charge on any atom is 0.264 e. The van der Waals surface area contributed by atoms with Crippen molar-refractivity contribution in [3.05, 3.63) is 95.6 Å². The van der Waals surface area contributed by atoms with Crippen LogP contribution in [0.4, 0.5) is 5.69 Å². The largest absolute Gasteiger partial charge is 0.352 e. The zero-order valence-corrected chi connectivity index (χ0v) is 24.2. The van der Waals surface area contributed by atoms with E-state index in [9.17, 15) is 18.0 Å². The van der Waals surface area contributed by atoms with E-state index in [2.05, 4.69) is 5.32 Å². The molecule has 0 spiro atoms. The first-order valence-electron chi connectivity index (χ1n) is 13.4. The molecule has 0 radical (unpaired) electrons. The Hall–Kier alpha value is -3.65. The highest BCUT2D eigenvalue weighted by molar-refractivity contribution is 7.92. The second kappa shape index (κ2) is 13.4. The van der Waals surface area contributed by atoms with Crippen molar-refractivity contribution in [2.24, 2.45) is 0 Å². The van der Waals surface area contributed by atoms with E-state index in [1.165, 1.54) is 17.0 Å². The second-order valence-corrected chi connectivity index (χ2v) is 11.8. The van der Waals surface area contributed by atoms with Gasteiger partial charge in [-0.25, -0.2) is 8.42 Å². The molecule has 3 aromatic rings. The predicted molar refractivity (Wildman–Crippen MR) is 156 cm³/mol. The van der Waals surface area contributed by atoms with E-state index in [-0.39, 0.29) is 23.4 Å². The Labute approximate surface area is 232 Å². The number of rotatable bonds is 12. The summed E-state index contributed by atoms with van der Waals surface area (Å²) in [6.07, 6.45) is 1.19. The molecule has 0 saturated carbocycles. The van der Waals surface area contributed by atoms with E-state index < -0.39 is 28.5 Å². The molecule has 1 atom stereocenters. The van der Waals surface area contributed by atoms with Crippen molar-refractivity contribution in [3.8, 4) is 0 Å². The Morgan fingerprint density at radius 2 is 1.44 bits per heavy atom. The highest BCUT2D eigenvalue weighted by Crippen LogP contribution is 2.25. The van der Waals surface area contributed by atoms with Crippen LogP contribution in [0.1, 0.15) is 50.8 Å². The standard InChI is InChI=1S/C31H39N3O4S/c1-6-25-17-19-27(20-18-25)34(39(37,38)28-11-9-8-10-12-28)22-30(35)33(21-26-15-13-24(5)14-16-26)29(7-2)31(36)32-23(3)4/h8-20,23,29H,6-7,21-22H2,1-5H3,(H,32,36). The molecule has 0 aliphatic heterocycles. The Morgan fingerprint density at radius 1 is 0.846 bits per heavy atom. The molecule has 7 nitrogen and oxygen atoms in total. The molecular weight excluding hydrogens is 510 g/mol. The third kappa shape index (κ3) is 7.69. The third-order valence-corrected chi connectivity index (χ3v) is 8.32. The summed E-state index contributed by atoms with van der Waals surface area (Å²) in [6, 6.07) is 22.1. The molecule has 0 heterocycles. The van der Waals surface area contributed by atoms with Gasteiger partial charge in [0.05, 0.1) is 10.6 Å². The minimum atomic E-state index is -4.07. The maximum absolute atomic E-state index is 14.0. The summed E-state index contributed by atoms with van der Waals surface area (Å²) < 4.78 is 28.8. The monoisotopic (exact) mass is 549 g/mol. The van der Waals surface area contributed by atoms with Crippen LogP contribution >= 0.6 is 0 Å². The van der Waals surface area contributed by atoms with Gasteiger partial charge in [-0.3, -0.25) is 13.9 Å². The first-order valence-corrected chi connectivity index (χ1v) is 14.8. The minimum absolute atomic E-state index is 0.0899. The molecule has 208 valence electrons. The summed E-state index contributed by atoms with van der Waals surface area (Å²) in [5, 5.41) is 2.91. The van der Waals surface area contributed by atoms with Gasteiger partial charge >= 0.3 is 0 Å². The van der Waals surface area contributed by atoms with E-state index in [0.29, 0.717) is 12.1 Å². The molecule has 0 fully saturated rings. The lowest BCUT2D eigenvalue weighted by atomic mass is 10.1. The molecule has 0 saturated heterocycles. The van der Waals surface area contributed by atoms with Gasteiger partial charge in [0.25, 0.3) is 10.0 Å². The average molecular weight is 550 g/mol. The van der Waals surface area contributed by atoms with Crippen LogP contribution in [0.25, 0.3) is 0 Å². The molecule has 3 aromatic carbocycles. The van der Waals surface area contributed by atoms with Crippen LogP contribution in [0.15, 0.2) is 83.8 Å². The second-order valence-electron chi connectivity index (χ2n) is 9.94. The van der Waals surface area contributed by atoms with E-state index in [1.807, 2.05) is 71.0 Å². The average Bonchev–Trinajstić information content (AvgIpc) is 2.92. The van der Waals surface area contributed by atoms with Gasteiger partial charge in [-0.15, -0.1) is 0 Å². The fourth-order valence-corrected chi connectivity index (χ4v) is 5.77. The van der Waals surface area contributed by atoms with Gasteiger partial charge in [-0.2, -0.15) is 0 Å². The van der Waals surface area contributed by atoms with E-state index in [1.54, 1.807) is 30.3 Å². The van der Waals surface area contributed by atoms with Crippen molar-refractivity contribution < 1.29 is 18.0 Å². The summed E-state index contributed by atoms with van der Waals surface area (Å²) in [6.45, 7) is 9.32. The van der Waals surface area contributed by atoms with E-state index >= 15 is 0 Å². The van der Waals surface area contributed by atoms with Crippen LogP contribution < -0.4 is 9.62 Å². The molecule has 39 heavy (non-hydrogen) atoms. The summed E-state index contributed by atoms with van der Waals surface area (Å²) >= 11 is 0. The zero-order valence-electron chi connectivity index (χ0n) is 23.4. The highest BCUT2D eigenvalue weighted by Gasteiger charge is 2.33. The fourth-order valence-electron chi connectivity index (χ4n) is 4.34. The molecule has 8 heteroatoms. The van der Waals surface area contributed by atoms with E-state index in [0.717, 1.165) is 27.4 Å². The smallest absolute Gasteiger partial charge is 0.264 e. The molecule has 0 aromatic heterocycles. The molecule has 3 rings (SSSR count). The van der Waals surface area contributed by atoms with Gasteiger partial charge < -0.3 is 10.2 Å². The van der Waals surface area contributed by atoms with Crippen LogP contribution in [0.3, 0.4) is 0 Å². The van der Waals surface area contributed by atoms with Crippen molar-refractivity contribution in [2.45, 2.75) is 71.0 Å². The van der Waals surface area contributed by atoms with Crippen LogP contribution in [0.5, 0.6) is 0 Å². The van der Waals surface area contributed by atoms with Crippen molar-refractivity contribution in [1.82, 2.24) is 10.2 Å². The topological polar surface area (TPSA) is 86.8 Å². The lowest BCUT2D eigenvalue weighted by Gasteiger charge is -2.33. The molecule has 0 aliphatic rings. The van der Waals surface area contributed by atoms with Crippen LogP contribution in [0.2, 0.25) is 0 Å². The third-order valence-electron chi connectivity index (χ3n) is 6.53. The van der Waals surface area contributed by atoms with E-state index in [4.69, 9.17) is 0 Å². The number of carbonyl (C=O) groups excluding carboxylic acids is 2. The van der Waals surface area contributed by atoms with Crippen molar-refractivity contribution >= 4 is 27.5 Å². The van der Waals surface area contributed by atoms with Crippen LogP contribution in [-0.4, -0.2) is 43.8 Å². The summed E-state index contributed by atoms with van der Waals surface area (Å²) in [5.74, 6) is -0.724. The molecule has 0 aliphatic carbocycles. The zero-order chi connectivity index (χ0) is 28.6. The SMILES string of the molecule is CCc1ccc(N(CC(=O)N(Cc2ccc(C)cc2)C(CC)C(=O)NC(C)C)S(=O)(=O)c2ccccc2)cc1. The first kappa shape index (κ1) is 29.9. The van der Waals surface area contributed by atoms with Gasteiger partial charge in [0, 0.05) is 12.6 Å². The van der Waals surface area contributed by atoms with Crippen LogP contribution in [0, 0.1) is 6.92 Å². The highest BCUT2D eigenvalue weighted by atomic mass is 32.2. The molecule has 2 amide bonds. The number of nitrogens with one attached hydrogen (secondary N) is 1. The van der Waals surface area contributed by atoms with Crippen molar-refractivity contribution in [3.63, 3.8) is 0 Å². The summed E-state index contributed by atoms with van der Waals surface area (Å²) in [4.78, 5) is 28.8. The number of nitrogens with zero attached hydrogens (tertiary/aromatic N) is 2. The fraction of sp³-hybridized carbons (Fsp3) is 0.355. The minimum Gasteiger partial charge on any atom is -0.352 e. The van der Waals surface area contributed by atoms with Gasteiger partial charge in [0.2, 0.25) is 11.8 Å². The van der Waals surface area contributed by atoms with Gasteiger partial charge in [0.1, 0.15) is 12.6 Å². The predicted octanol–water partition coefficient (Wildman–Crippen LogP) is 5.08. The van der Waals surface area contributed by atoms with Crippen molar-refractivity contribution in [1.29, 1.82) is 0 Å². The summed E-state index contributed by atoms with van der Waals surface area (Å²) in [5.41, 5.74) is 3.38. The van der Waals surface area contributed by atoms with Gasteiger partial charge in [0.15, 0.2) is 0 Å². The molecule has 1 N–H and O–H groups in total. The quantitative estimate of drug-likeness (QED) is 0.341. The number of anilines is 1. The Balaban J connectivity index is 2.05. The summed E-state index contributed by atoms with van der Waals surface area (Å²) in [7, 11) is -4.07. The Kier molecular flexibility index (Phi) is 10.3. The number of amides is 2. The number of hydrogen-bond donors (Lipinski definition) is 1. The Morgan fingerprint density at radius 3 is 1.97 bits per heavy atom. The van der Waals surface area contributed by atoms with Gasteiger partial charge in [-0.1, -0.05) is 74.0 Å². The number of carbonyl (C=O) groups is 2. The maximum atomic E-state index is 14.0. The van der Waals surface area contributed by atoms with Gasteiger partial charge in [-0.05, 0) is 69.0 Å². The van der Waals surface area contributed by atoms with Crippen molar-refractivity contribution in [2.75, 3.05) is 10.8 Å². The first-order chi connectivity index (χ1) is 18.6. The lowest BCUT2D eigenvalue weighted by molar-refractivity contribution is -0.140.